The maximum absolute atomic E-state index is 12.6. The van der Waals surface area contributed by atoms with Crippen LogP contribution in [0.3, 0.4) is 0 Å². The fourth-order valence-corrected chi connectivity index (χ4v) is 6.19. The highest BCUT2D eigenvalue weighted by Gasteiger charge is 2.22. The molecule has 0 saturated carbocycles. The molecule has 0 aliphatic rings. The Morgan fingerprint density at radius 1 is 0.947 bits per heavy atom. The van der Waals surface area contributed by atoms with Crippen LogP contribution in [-0.4, -0.2) is 44.4 Å². The predicted octanol–water partition coefficient (Wildman–Crippen LogP) is 5.28. The molecule has 3 N–H and O–H groups in total. The number of fused-ring (bicyclic) bond motifs is 1. The van der Waals surface area contributed by atoms with E-state index in [0.717, 1.165) is 27.0 Å². The van der Waals surface area contributed by atoms with Crippen LogP contribution < -0.4 is 20.1 Å². The first kappa shape index (κ1) is 27.6. The summed E-state index contributed by atoms with van der Waals surface area (Å²) in [5.41, 5.74) is 2.12. The Morgan fingerprint density at radius 2 is 1.61 bits per heavy atom. The molecule has 0 radical (unpaired) electrons. The number of carbonyl (C=O) groups excluding carboxylic acids is 1. The second-order valence-corrected chi connectivity index (χ2v) is 12.4. The summed E-state index contributed by atoms with van der Waals surface area (Å²) in [6.07, 6.45) is 0.705. The average Bonchev–Trinajstić information content (AvgIpc) is 3.29. The maximum Gasteiger partial charge on any atom is 0.251 e. The van der Waals surface area contributed by atoms with E-state index in [4.69, 9.17) is 4.74 Å². The summed E-state index contributed by atoms with van der Waals surface area (Å²) in [6.45, 7) is 6.54. The Balaban J connectivity index is 1.26. The van der Waals surface area contributed by atoms with Crippen molar-refractivity contribution in [1.29, 1.82) is 0 Å². The van der Waals surface area contributed by atoms with Crippen molar-refractivity contribution in [3.8, 4) is 16.9 Å². The third kappa shape index (κ3) is 6.89. The Kier molecular flexibility index (Phi) is 8.35. The van der Waals surface area contributed by atoms with Crippen LogP contribution in [0.1, 0.15) is 37.6 Å². The number of benzene rings is 3. The standard InChI is InChI=1S/C28H32N4O4S2/c1-28(2,3)32-38(34,35)23-14-15-24-25(18-23)37-31-26(24)29-16-5-17-30-27(33)21-8-6-19(7-9-21)20-10-12-22(36-4)13-11-20/h6-15,18,32H,5,16-17H2,1-4H3,(H,29,31)(H,30,33). The molecule has 0 aliphatic heterocycles. The van der Waals surface area contributed by atoms with Crippen molar-refractivity contribution in [1.82, 2.24) is 14.4 Å². The molecule has 1 heterocycles. The first-order valence-electron chi connectivity index (χ1n) is 12.3. The van der Waals surface area contributed by atoms with Crippen LogP contribution in [0, 0.1) is 0 Å². The molecule has 200 valence electrons. The summed E-state index contributed by atoms with van der Waals surface area (Å²) in [6, 6.07) is 20.3. The van der Waals surface area contributed by atoms with Crippen LogP contribution in [-0.2, 0) is 10.0 Å². The van der Waals surface area contributed by atoms with Crippen LogP contribution >= 0.6 is 11.5 Å². The number of ether oxygens (including phenoxy) is 1. The molecule has 0 fully saturated rings. The molecular weight excluding hydrogens is 520 g/mol. The second kappa shape index (κ2) is 11.5. The number of rotatable bonds is 10. The Hall–Kier alpha value is -3.47. The molecule has 0 spiro atoms. The molecule has 38 heavy (non-hydrogen) atoms. The highest BCUT2D eigenvalue weighted by atomic mass is 32.2. The number of methoxy groups -OCH3 is 1. The van der Waals surface area contributed by atoms with Crippen molar-refractivity contribution in [2.24, 2.45) is 0 Å². The first-order chi connectivity index (χ1) is 18.1. The van der Waals surface area contributed by atoms with Crippen LogP contribution in [0.5, 0.6) is 5.75 Å². The molecule has 1 aromatic heterocycles. The quantitative estimate of drug-likeness (QED) is 0.231. The lowest BCUT2D eigenvalue weighted by molar-refractivity contribution is 0.0953. The zero-order chi connectivity index (χ0) is 27.3. The highest BCUT2D eigenvalue weighted by molar-refractivity contribution is 7.89. The number of carbonyl (C=O) groups is 1. The molecule has 4 aromatic rings. The number of amides is 1. The zero-order valence-corrected chi connectivity index (χ0v) is 23.5. The lowest BCUT2D eigenvalue weighted by Crippen LogP contribution is -2.40. The van der Waals surface area contributed by atoms with Crippen molar-refractivity contribution in [3.05, 3.63) is 72.3 Å². The molecular formula is C28H32N4O4S2. The summed E-state index contributed by atoms with van der Waals surface area (Å²) in [5.74, 6) is 1.39. The minimum atomic E-state index is -3.61. The predicted molar refractivity (Wildman–Crippen MR) is 154 cm³/mol. The largest absolute Gasteiger partial charge is 0.497 e. The van der Waals surface area contributed by atoms with E-state index in [1.54, 1.807) is 46.1 Å². The third-order valence-corrected chi connectivity index (χ3v) is 8.26. The van der Waals surface area contributed by atoms with Crippen molar-refractivity contribution >= 4 is 43.4 Å². The van der Waals surface area contributed by atoms with E-state index in [2.05, 4.69) is 19.7 Å². The highest BCUT2D eigenvalue weighted by Crippen LogP contribution is 2.29. The monoisotopic (exact) mass is 552 g/mol. The molecule has 4 rings (SSSR count). The average molecular weight is 553 g/mol. The van der Waals surface area contributed by atoms with Gasteiger partial charge in [0.1, 0.15) is 11.6 Å². The summed E-state index contributed by atoms with van der Waals surface area (Å²) < 4.78 is 38.3. The van der Waals surface area contributed by atoms with Gasteiger partial charge in [-0.05, 0) is 92.3 Å². The number of aromatic nitrogens is 1. The first-order valence-corrected chi connectivity index (χ1v) is 14.5. The molecule has 0 atom stereocenters. The van der Waals surface area contributed by atoms with Gasteiger partial charge in [0.25, 0.3) is 5.91 Å². The van der Waals surface area contributed by atoms with E-state index in [1.165, 1.54) is 11.5 Å². The summed E-state index contributed by atoms with van der Waals surface area (Å²) in [5, 5.41) is 7.10. The van der Waals surface area contributed by atoms with Crippen molar-refractivity contribution in [2.45, 2.75) is 37.6 Å². The molecule has 8 nitrogen and oxygen atoms in total. The number of nitrogens with zero attached hydrogens (tertiary/aromatic N) is 1. The number of sulfonamides is 1. The number of anilines is 1. The van der Waals surface area contributed by atoms with E-state index in [0.29, 0.717) is 30.9 Å². The molecule has 3 aromatic carbocycles. The Bertz CT molecular complexity index is 1510. The van der Waals surface area contributed by atoms with E-state index >= 15 is 0 Å². The lowest BCUT2D eigenvalue weighted by atomic mass is 10.0. The molecule has 1 amide bonds. The Labute approximate surface area is 227 Å². The molecule has 0 bridgehead atoms. The normalized spacial score (nSPS) is 11.9. The summed E-state index contributed by atoms with van der Waals surface area (Å²) >= 11 is 1.25. The molecule has 0 aliphatic carbocycles. The molecule has 10 heteroatoms. The van der Waals surface area contributed by atoms with Gasteiger partial charge in [0.2, 0.25) is 10.0 Å². The molecule has 0 unspecified atom stereocenters. The van der Waals surface area contributed by atoms with E-state index in [9.17, 15) is 13.2 Å². The van der Waals surface area contributed by atoms with Gasteiger partial charge in [-0.15, -0.1) is 0 Å². The maximum atomic E-state index is 12.6. The lowest BCUT2D eigenvalue weighted by Gasteiger charge is -2.20. The smallest absolute Gasteiger partial charge is 0.251 e. The number of hydrogen-bond acceptors (Lipinski definition) is 7. The van der Waals surface area contributed by atoms with Crippen LogP contribution in [0.2, 0.25) is 0 Å². The van der Waals surface area contributed by atoms with Crippen LogP contribution in [0.4, 0.5) is 5.82 Å². The van der Waals surface area contributed by atoms with Crippen LogP contribution in [0.15, 0.2) is 71.6 Å². The van der Waals surface area contributed by atoms with Crippen molar-refractivity contribution < 1.29 is 17.9 Å². The van der Waals surface area contributed by atoms with E-state index < -0.39 is 15.6 Å². The second-order valence-electron chi connectivity index (χ2n) is 9.89. The van der Waals surface area contributed by atoms with Gasteiger partial charge in [-0.2, -0.15) is 4.37 Å². The third-order valence-electron chi connectivity index (χ3n) is 5.70. The van der Waals surface area contributed by atoms with Gasteiger partial charge in [0.05, 0.1) is 16.7 Å². The minimum absolute atomic E-state index is 0.122. The fourth-order valence-electron chi connectivity index (χ4n) is 3.87. The number of hydrogen-bond donors (Lipinski definition) is 3. The summed E-state index contributed by atoms with van der Waals surface area (Å²) in [4.78, 5) is 12.7. The van der Waals surface area contributed by atoms with Crippen molar-refractivity contribution in [2.75, 3.05) is 25.5 Å². The van der Waals surface area contributed by atoms with Gasteiger partial charge in [-0.25, -0.2) is 13.1 Å². The van der Waals surface area contributed by atoms with Gasteiger partial charge in [0, 0.05) is 29.6 Å². The van der Waals surface area contributed by atoms with Crippen molar-refractivity contribution in [3.63, 3.8) is 0 Å². The fraction of sp³-hybridized carbons (Fsp3) is 0.286. The van der Waals surface area contributed by atoms with Gasteiger partial charge in [-0.3, -0.25) is 4.79 Å². The van der Waals surface area contributed by atoms with Crippen LogP contribution in [0.25, 0.3) is 21.2 Å². The molecule has 0 saturated heterocycles. The van der Waals surface area contributed by atoms with Gasteiger partial charge in [-0.1, -0.05) is 24.3 Å². The zero-order valence-electron chi connectivity index (χ0n) is 21.9. The number of nitrogens with one attached hydrogen (secondary N) is 3. The van der Waals surface area contributed by atoms with Gasteiger partial charge in [0.15, 0.2) is 0 Å². The topological polar surface area (TPSA) is 109 Å². The van der Waals surface area contributed by atoms with E-state index in [1.807, 2.05) is 48.5 Å². The minimum Gasteiger partial charge on any atom is -0.497 e. The summed E-state index contributed by atoms with van der Waals surface area (Å²) in [7, 11) is -1.97. The van der Waals surface area contributed by atoms with E-state index in [-0.39, 0.29) is 10.8 Å². The van der Waals surface area contributed by atoms with Gasteiger partial charge >= 0.3 is 0 Å². The van der Waals surface area contributed by atoms with Gasteiger partial charge < -0.3 is 15.4 Å². The Morgan fingerprint density at radius 3 is 2.24 bits per heavy atom. The SMILES string of the molecule is COc1ccc(-c2ccc(C(=O)NCCCNc3nsc4cc(S(=O)(=O)NC(C)(C)C)ccc34)cc2)cc1.